The van der Waals surface area contributed by atoms with Crippen LogP contribution in [0.25, 0.3) is 0 Å². The summed E-state index contributed by atoms with van der Waals surface area (Å²) in [6.45, 7) is 6.61. The van der Waals surface area contributed by atoms with Crippen molar-refractivity contribution in [2.75, 3.05) is 13.1 Å². The average Bonchev–Trinajstić information content (AvgIpc) is 2.30. The molecule has 0 unspecified atom stereocenters. The van der Waals surface area contributed by atoms with E-state index in [1.165, 1.54) is 38.5 Å². The molecule has 0 aromatic carbocycles. The summed E-state index contributed by atoms with van der Waals surface area (Å²) in [6, 6.07) is 0. The molecule has 0 radical (unpaired) electrons. The van der Waals surface area contributed by atoms with Crippen molar-refractivity contribution in [2.45, 2.75) is 52.4 Å². The number of unbranched alkanes of at least 4 members (excludes halogenated alkanes) is 4. The fourth-order valence-corrected chi connectivity index (χ4v) is 1.79. The predicted molar refractivity (Wildman–Crippen MR) is 72.9 cm³/mol. The molecule has 2 nitrogen and oxygen atoms in total. The molecule has 0 N–H and O–H groups in total. The first kappa shape index (κ1) is 19.1. The first-order valence-corrected chi connectivity index (χ1v) is 7.54. The molecule has 0 aliphatic rings. The van der Waals surface area contributed by atoms with E-state index in [1.54, 1.807) is 0 Å². The molecule has 0 amide bonds. The zero-order valence-corrected chi connectivity index (χ0v) is 14.0. The third-order valence-corrected chi connectivity index (χ3v) is 2.87. The zero-order valence-electron chi connectivity index (χ0n) is 10.3. The van der Waals surface area contributed by atoms with E-state index in [0.717, 1.165) is 17.4 Å². The van der Waals surface area contributed by atoms with Gasteiger partial charge in [0, 0.05) is 13.1 Å². The second-order valence-electron chi connectivity index (χ2n) is 3.68. The molecular formula is C11H23MoNOS2. The van der Waals surface area contributed by atoms with Gasteiger partial charge in [0.25, 0.3) is 0 Å². The number of hydrogen-bond acceptors (Lipinski definition) is 2. The predicted octanol–water partition coefficient (Wildman–Crippen LogP) is 3.76. The van der Waals surface area contributed by atoms with Crippen molar-refractivity contribution in [1.82, 2.24) is 4.90 Å². The van der Waals surface area contributed by atoms with E-state index >= 15 is 0 Å². The quantitative estimate of drug-likeness (QED) is 0.313. The summed E-state index contributed by atoms with van der Waals surface area (Å²) in [7, 11) is 0. The first-order valence-electron chi connectivity index (χ1n) is 5.86. The van der Waals surface area contributed by atoms with Crippen LogP contribution in [0.4, 0.5) is 0 Å². The topological polar surface area (TPSA) is 20.3 Å². The molecule has 0 aromatic heterocycles. The third kappa shape index (κ3) is 12.8. The van der Waals surface area contributed by atoms with Gasteiger partial charge in [0.1, 0.15) is 4.32 Å². The van der Waals surface area contributed by atoms with Crippen LogP contribution in [0.3, 0.4) is 0 Å². The van der Waals surface area contributed by atoms with E-state index in [0.29, 0.717) is 19.8 Å². The van der Waals surface area contributed by atoms with Crippen LogP contribution in [-0.4, -0.2) is 22.3 Å². The summed E-state index contributed by atoms with van der Waals surface area (Å²) in [5.41, 5.74) is 0. The molecular weight excluding hydrogens is 322 g/mol. The Morgan fingerprint density at radius 1 is 1.06 bits per heavy atom. The molecule has 0 aliphatic carbocycles. The number of thiocarbonyl (C=S) groups is 1. The number of hydrogen-bond donors (Lipinski definition) is 1. The summed E-state index contributed by atoms with van der Waals surface area (Å²) in [5.74, 6) is 0. The molecule has 96 valence electrons. The van der Waals surface area contributed by atoms with Crippen LogP contribution in [0.1, 0.15) is 52.4 Å². The van der Waals surface area contributed by atoms with E-state index in [-0.39, 0.29) is 0 Å². The molecule has 5 heteroatoms. The van der Waals surface area contributed by atoms with Gasteiger partial charge >= 0.3 is 23.2 Å². The van der Waals surface area contributed by atoms with E-state index in [2.05, 4.69) is 31.4 Å². The second kappa shape index (κ2) is 15.7. The Bertz CT molecular complexity index is 160. The van der Waals surface area contributed by atoms with Crippen molar-refractivity contribution >= 4 is 29.2 Å². The summed E-state index contributed by atoms with van der Waals surface area (Å²) in [4.78, 5) is 2.23. The van der Waals surface area contributed by atoms with Gasteiger partial charge in [-0.25, -0.2) is 0 Å². The van der Waals surface area contributed by atoms with Gasteiger partial charge in [0.15, 0.2) is 0 Å². The zero-order chi connectivity index (χ0) is 12.8. The Labute approximate surface area is 122 Å². The number of rotatable bonds is 8. The van der Waals surface area contributed by atoms with Crippen LogP contribution in [0, 0.1) is 0 Å². The molecule has 0 spiro atoms. The van der Waals surface area contributed by atoms with Gasteiger partial charge in [0.05, 0.1) is 0 Å². The average molecular weight is 345 g/mol. The van der Waals surface area contributed by atoms with Gasteiger partial charge in [-0.2, -0.15) is 0 Å². The molecule has 0 saturated carbocycles. The molecule has 0 bridgehead atoms. The Balaban J connectivity index is 0. The van der Waals surface area contributed by atoms with Gasteiger partial charge in [-0.15, -0.1) is 12.6 Å². The van der Waals surface area contributed by atoms with Gasteiger partial charge in [-0.3, -0.25) is 0 Å². The van der Waals surface area contributed by atoms with Crippen LogP contribution >= 0.6 is 24.8 Å². The van der Waals surface area contributed by atoms with Crippen LogP contribution in [0.15, 0.2) is 0 Å². The van der Waals surface area contributed by atoms with Crippen molar-refractivity contribution in [1.29, 1.82) is 0 Å². The van der Waals surface area contributed by atoms with Gasteiger partial charge in [0.2, 0.25) is 0 Å². The van der Waals surface area contributed by atoms with Crippen LogP contribution in [0.2, 0.25) is 0 Å². The van der Waals surface area contributed by atoms with Crippen molar-refractivity contribution in [3.8, 4) is 0 Å². The molecule has 0 aliphatic heterocycles. The van der Waals surface area contributed by atoms with Crippen molar-refractivity contribution < 1.29 is 23.2 Å². The Morgan fingerprint density at radius 2 is 1.44 bits per heavy atom. The molecule has 0 fully saturated rings. The Kier molecular flexibility index (Phi) is 18.8. The summed E-state index contributed by atoms with van der Waals surface area (Å²) in [5, 5.41) is 0. The number of thiol groups is 1. The molecule has 0 saturated heterocycles. The second-order valence-corrected chi connectivity index (χ2v) is 4.80. The first-order chi connectivity index (χ1) is 7.72. The minimum atomic E-state index is 0.700. The SMILES string of the molecule is CCCCCN(CCCCC)C(=S)S.[O]=[Mo]. The fourth-order valence-electron chi connectivity index (χ4n) is 1.41. The van der Waals surface area contributed by atoms with Gasteiger partial charge in [-0.1, -0.05) is 51.7 Å². The summed E-state index contributed by atoms with van der Waals surface area (Å²) < 4.78 is 9.02. The Morgan fingerprint density at radius 3 is 1.69 bits per heavy atom. The van der Waals surface area contributed by atoms with Crippen LogP contribution < -0.4 is 0 Å². The van der Waals surface area contributed by atoms with E-state index < -0.39 is 0 Å². The standard InChI is InChI=1S/C11H23NS2.Mo.O/c1-3-5-7-9-12(11(13)14)10-8-6-4-2;;/h3-10H2,1-2H3,(H,13,14);;. The molecule has 0 aromatic rings. The van der Waals surface area contributed by atoms with Crippen molar-refractivity contribution in [2.24, 2.45) is 0 Å². The maximum atomic E-state index is 8.26. The van der Waals surface area contributed by atoms with Gasteiger partial charge in [-0.05, 0) is 12.8 Å². The summed E-state index contributed by atoms with van der Waals surface area (Å²) in [6.07, 6.45) is 7.60. The van der Waals surface area contributed by atoms with Crippen LogP contribution in [0.5, 0.6) is 0 Å². The van der Waals surface area contributed by atoms with E-state index in [1.807, 2.05) is 0 Å². The van der Waals surface area contributed by atoms with Crippen molar-refractivity contribution in [3.05, 3.63) is 0 Å². The molecule has 0 rings (SSSR count). The fraction of sp³-hybridized carbons (Fsp3) is 0.909. The molecule has 16 heavy (non-hydrogen) atoms. The van der Waals surface area contributed by atoms with E-state index in [4.69, 9.17) is 15.6 Å². The van der Waals surface area contributed by atoms with Crippen molar-refractivity contribution in [3.63, 3.8) is 0 Å². The van der Waals surface area contributed by atoms with E-state index in [9.17, 15) is 0 Å². The molecule has 0 heterocycles. The van der Waals surface area contributed by atoms with Crippen LogP contribution in [-0.2, 0) is 23.2 Å². The normalized spacial score (nSPS) is 9.19. The minimum absolute atomic E-state index is 0.700. The monoisotopic (exact) mass is 347 g/mol. The third-order valence-electron chi connectivity index (χ3n) is 2.33. The molecule has 0 atom stereocenters. The Hall–Kier alpha value is 0.728. The van der Waals surface area contributed by atoms with Gasteiger partial charge < -0.3 is 4.90 Å². The number of nitrogens with zero attached hydrogens (tertiary/aromatic N) is 1. The maximum absolute atomic E-state index is 8.26. The summed E-state index contributed by atoms with van der Waals surface area (Å²) >= 11 is 10.1.